The zero-order valence-corrected chi connectivity index (χ0v) is 12.3. The first kappa shape index (κ1) is 14.1. The first-order valence-electron chi connectivity index (χ1n) is 7.07. The van der Waals surface area contributed by atoms with Gasteiger partial charge in [-0.15, -0.1) is 0 Å². The van der Waals surface area contributed by atoms with Crippen LogP contribution in [0.25, 0.3) is 0 Å². The highest BCUT2D eigenvalue weighted by Gasteiger charge is 2.25. The molecule has 0 radical (unpaired) electrons. The predicted octanol–water partition coefficient (Wildman–Crippen LogP) is 2.08. The maximum Gasteiger partial charge on any atom is 0.137 e. The van der Waals surface area contributed by atoms with Gasteiger partial charge in [0, 0.05) is 25.7 Å². The lowest BCUT2D eigenvalue weighted by Crippen LogP contribution is -2.46. The summed E-state index contributed by atoms with van der Waals surface area (Å²) in [6.07, 6.45) is 4.21. The van der Waals surface area contributed by atoms with Crippen molar-refractivity contribution in [3.05, 3.63) is 11.9 Å². The number of aromatic nitrogens is 2. The molecule has 5 nitrogen and oxygen atoms in total. The SMILES string of the molecule is CCCc1c(NC)ncnc1N1C[C@@H](C)O[C@@H](C)C1. The third kappa shape index (κ3) is 3.15. The molecular weight excluding hydrogens is 240 g/mol. The summed E-state index contributed by atoms with van der Waals surface area (Å²) in [6.45, 7) is 8.19. The average molecular weight is 264 g/mol. The number of anilines is 2. The van der Waals surface area contributed by atoms with Crippen molar-refractivity contribution in [2.24, 2.45) is 0 Å². The molecule has 1 saturated heterocycles. The van der Waals surface area contributed by atoms with E-state index in [0.29, 0.717) is 0 Å². The number of nitrogens with zero attached hydrogens (tertiary/aromatic N) is 3. The van der Waals surface area contributed by atoms with Gasteiger partial charge in [0.2, 0.25) is 0 Å². The molecule has 0 aromatic carbocycles. The number of nitrogens with one attached hydrogen (secondary N) is 1. The number of hydrogen-bond acceptors (Lipinski definition) is 5. The Morgan fingerprint density at radius 1 is 1.32 bits per heavy atom. The minimum atomic E-state index is 0.242. The fourth-order valence-electron chi connectivity index (χ4n) is 2.72. The molecule has 1 aliphatic heterocycles. The molecule has 0 unspecified atom stereocenters. The van der Waals surface area contributed by atoms with E-state index in [1.54, 1.807) is 6.33 Å². The first-order chi connectivity index (χ1) is 9.15. The van der Waals surface area contributed by atoms with Crippen molar-refractivity contribution in [2.45, 2.75) is 45.8 Å². The van der Waals surface area contributed by atoms with E-state index < -0.39 is 0 Å². The van der Waals surface area contributed by atoms with E-state index in [0.717, 1.165) is 37.6 Å². The lowest BCUT2D eigenvalue weighted by Gasteiger charge is -2.37. The molecule has 1 N–H and O–H groups in total. The van der Waals surface area contributed by atoms with Crippen LogP contribution in [-0.2, 0) is 11.2 Å². The van der Waals surface area contributed by atoms with Crippen LogP contribution >= 0.6 is 0 Å². The van der Waals surface area contributed by atoms with Crippen LogP contribution in [0.15, 0.2) is 6.33 Å². The topological polar surface area (TPSA) is 50.3 Å². The largest absolute Gasteiger partial charge is 0.373 e. The summed E-state index contributed by atoms with van der Waals surface area (Å²) in [4.78, 5) is 11.2. The summed E-state index contributed by atoms with van der Waals surface area (Å²) >= 11 is 0. The van der Waals surface area contributed by atoms with Crippen LogP contribution in [-0.4, -0.2) is 42.3 Å². The Kier molecular flexibility index (Phi) is 4.58. The van der Waals surface area contributed by atoms with Crippen molar-refractivity contribution in [3.8, 4) is 0 Å². The second-order valence-electron chi connectivity index (χ2n) is 5.19. The fraction of sp³-hybridized carbons (Fsp3) is 0.714. The fourth-order valence-corrected chi connectivity index (χ4v) is 2.72. The van der Waals surface area contributed by atoms with Crippen LogP contribution in [0.4, 0.5) is 11.6 Å². The van der Waals surface area contributed by atoms with Gasteiger partial charge < -0.3 is 15.0 Å². The molecule has 0 spiro atoms. The van der Waals surface area contributed by atoms with Gasteiger partial charge in [0.05, 0.1) is 12.2 Å². The summed E-state index contributed by atoms with van der Waals surface area (Å²) in [7, 11) is 1.91. The Bertz CT molecular complexity index is 414. The third-order valence-corrected chi connectivity index (χ3v) is 3.38. The highest BCUT2D eigenvalue weighted by atomic mass is 16.5. The normalized spacial score (nSPS) is 23.5. The Balaban J connectivity index is 2.32. The lowest BCUT2D eigenvalue weighted by atomic mass is 10.1. The van der Waals surface area contributed by atoms with Crippen molar-refractivity contribution in [3.63, 3.8) is 0 Å². The van der Waals surface area contributed by atoms with Gasteiger partial charge >= 0.3 is 0 Å². The molecule has 1 aliphatic rings. The van der Waals surface area contributed by atoms with Gasteiger partial charge in [-0.1, -0.05) is 13.3 Å². The van der Waals surface area contributed by atoms with E-state index in [1.165, 1.54) is 5.56 Å². The summed E-state index contributed by atoms with van der Waals surface area (Å²) in [5, 5.41) is 3.17. The minimum Gasteiger partial charge on any atom is -0.373 e. The molecule has 0 bridgehead atoms. The van der Waals surface area contributed by atoms with E-state index in [2.05, 4.69) is 41.0 Å². The molecule has 1 fully saturated rings. The van der Waals surface area contributed by atoms with Gasteiger partial charge in [0.1, 0.15) is 18.0 Å². The molecule has 1 aromatic rings. The van der Waals surface area contributed by atoms with Gasteiger partial charge in [0.25, 0.3) is 0 Å². The smallest absolute Gasteiger partial charge is 0.137 e. The summed E-state index contributed by atoms with van der Waals surface area (Å²) < 4.78 is 5.79. The van der Waals surface area contributed by atoms with Crippen LogP contribution in [0.1, 0.15) is 32.8 Å². The molecule has 2 heterocycles. The van der Waals surface area contributed by atoms with Crippen LogP contribution in [0, 0.1) is 0 Å². The Morgan fingerprint density at radius 3 is 2.58 bits per heavy atom. The monoisotopic (exact) mass is 264 g/mol. The van der Waals surface area contributed by atoms with Crippen molar-refractivity contribution in [1.29, 1.82) is 0 Å². The molecule has 0 saturated carbocycles. The molecule has 2 atom stereocenters. The molecule has 106 valence electrons. The van der Waals surface area contributed by atoms with Gasteiger partial charge in [-0.25, -0.2) is 9.97 Å². The van der Waals surface area contributed by atoms with Gasteiger partial charge in [0.15, 0.2) is 0 Å². The van der Waals surface area contributed by atoms with Crippen molar-refractivity contribution < 1.29 is 4.74 Å². The zero-order valence-electron chi connectivity index (χ0n) is 12.3. The number of rotatable bonds is 4. The first-order valence-corrected chi connectivity index (χ1v) is 7.07. The Hall–Kier alpha value is -1.36. The standard InChI is InChI=1S/C14H24N4O/c1-5-6-12-13(15-4)16-9-17-14(12)18-7-10(2)19-11(3)8-18/h9-11H,5-8H2,1-4H3,(H,15,16,17)/t10-,11+. The van der Waals surface area contributed by atoms with E-state index in [-0.39, 0.29) is 12.2 Å². The van der Waals surface area contributed by atoms with Crippen LogP contribution in [0.2, 0.25) is 0 Å². The lowest BCUT2D eigenvalue weighted by molar-refractivity contribution is -0.00551. The van der Waals surface area contributed by atoms with Crippen molar-refractivity contribution in [2.75, 3.05) is 30.4 Å². The van der Waals surface area contributed by atoms with Gasteiger partial charge in [-0.2, -0.15) is 0 Å². The maximum absolute atomic E-state index is 5.79. The maximum atomic E-state index is 5.79. The van der Waals surface area contributed by atoms with Crippen LogP contribution in [0.5, 0.6) is 0 Å². The molecule has 2 rings (SSSR count). The minimum absolute atomic E-state index is 0.242. The third-order valence-electron chi connectivity index (χ3n) is 3.38. The second kappa shape index (κ2) is 6.19. The average Bonchev–Trinajstić information content (AvgIpc) is 2.38. The van der Waals surface area contributed by atoms with E-state index in [1.807, 2.05) is 7.05 Å². The Morgan fingerprint density at radius 2 is 2.00 bits per heavy atom. The molecule has 19 heavy (non-hydrogen) atoms. The van der Waals surface area contributed by atoms with E-state index in [4.69, 9.17) is 4.74 Å². The van der Waals surface area contributed by atoms with Crippen molar-refractivity contribution in [1.82, 2.24) is 9.97 Å². The summed E-state index contributed by atoms with van der Waals surface area (Å²) in [5.74, 6) is 2.00. The molecule has 1 aromatic heterocycles. The number of morpholine rings is 1. The molecule has 5 heteroatoms. The van der Waals surface area contributed by atoms with E-state index in [9.17, 15) is 0 Å². The molecule has 0 aliphatic carbocycles. The van der Waals surface area contributed by atoms with Gasteiger partial charge in [-0.05, 0) is 20.3 Å². The van der Waals surface area contributed by atoms with Crippen LogP contribution < -0.4 is 10.2 Å². The highest BCUT2D eigenvalue weighted by Crippen LogP contribution is 2.27. The van der Waals surface area contributed by atoms with Gasteiger partial charge in [-0.3, -0.25) is 0 Å². The molecular formula is C14H24N4O. The van der Waals surface area contributed by atoms with Crippen LogP contribution in [0.3, 0.4) is 0 Å². The highest BCUT2D eigenvalue weighted by molar-refractivity contribution is 5.59. The number of ether oxygens (including phenoxy) is 1. The predicted molar refractivity (Wildman–Crippen MR) is 77.8 cm³/mol. The summed E-state index contributed by atoms with van der Waals surface area (Å²) in [5.41, 5.74) is 1.22. The summed E-state index contributed by atoms with van der Waals surface area (Å²) in [6, 6.07) is 0. The Labute approximate surface area is 115 Å². The van der Waals surface area contributed by atoms with E-state index >= 15 is 0 Å². The quantitative estimate of drug-likeness (QED) is 0.902. The molecule has 0 amide bonds. The number of hydrogen-bond donors (Lipinski definition) is 1. The van der Waals surface area contributed by atoms with Crippen molar-refractivity contribution >= 4 is 11.6 Å². The zero-order chi connectivity index (χ0) is 13.8. The second-order valence-corrected chi connectivity index (χ2v) is 5.19.